The number of para-hydroxylation sites is 1. The smallest absolute Gasteiger partial charge is 0.257 e. The molecule has 0 fully saturated rings. The molecule has 1 atom stereocenters. The number of rotatable bonds is 9. The van der Waals surface area contributed by atoms with Gasteiger partial charge in [-0.15, -0.1) is 0 Å². The summed E-state index contributed by atoms with van der Waals surface area (Å²) in [5, 5.41) is 2.89. The number of amides is 1. The fourth-order valence-corrected chi connectivity index (χ4v) is 6.22. The molecule has 0 bridgehead atoms. The lowest BCUT2D eigenvalue weighted by molar-refractivity contribution is 0.0949. The molecule has 0 aliphatic carbocycles. The number of sulfone groups is 1. The van der Waals surface area contributed by atoms with Crippen molar-refractivity contribution in [2.45, 2.75) is 22.7 Å². The molecule has 11 heteroatoms. The standard InChI is InChI=1S/C29H23ClFN3O5S/c30-20-9-7-19(8-10-20)17-33-28(36)24-18-32-26-23(27(24)35)15-22(16-25(26)31)40(37,38)29(11-4-13-34-29)12-14-39-21-5-2-1-3-6-21/h1-11,13,15-16,18H,12,14,17H2,(H,32,35)(H,33,36). The molecule has 0 saturated heterocycles. The van der Waals surface area contributed by atoms with E-state index in [0.29, 0.717) is 10.8 Å². The molecule has 4 aromatic rings. The molecule has 3 aromatic carbocycles. The van der Waals surface area contributed by atoms with Gasteiger partial charge in [0.2, 0.25) is 15.3 Å². The van der Waals surface area contributed by atoms with Crippen LogP contribution in [-0.2, 0) is 16.4 Å². The lowest BCUT2D eigenvalue weighted by Gasteiger charge is -2.25. The summed E-state index contributed by atoms with van der Waals surface area (Å²) in [6.45, 7) is 0.133. The summed E-state index contributed by atoms with van der Waals surface area (Å²) in [5.74, 6) is -1.10. The largest absolute Gasteiger partial charge is 0.493 e. The molecule has 1 aliphatic rings. The fourth-order valence-electron chi connectivity index (χ4n) is 4.35. The predicted octanol–water partition coefficient (Wildman–Crippen LogP) is 4.83. The van der Waals surface area contributed by atoms with Crippen LogP contribution in [0.15, 0.2) is 99.8 Å². The third-order valence-electron chi connectivity index (χ3n) is 6.51. The number of ether oxygens (including phenoxy) is 1. The molecular formula is C29H23ClFN3O5S. The minimum atomic E-state index is -4.34. The van der Waals surface area contributed by atoms with Gasteiger partial charge in [0.05, 0.1) is 22.4 Å². The molecule has 204 valence electrons. The number of carbonyl (C=O) groups is 1. The summed E-state index contributed by atoms with van der Waals surface area (Å²) in [5.41, 5.74) is -0.573. The quantitative estimate of drug-likeness (QED) is 0.294. The molecule has 0 spiro atoms. The molecular weight excluding hydrogens is 557 g/mol. The van der Waals surface area contributed by atoms with E-state index in [1.807, 2.05) is 6.07 Å². The van der Waals surface area contributed by atoms with Crippen molar-refractivity contribution < 1.29 is 22.3 Å². The lowest BCUT2D eigenvalue weighted by Crippen LogP contribution is -2.35. The number of aromatic nitrogens is 1. The van der Waals surface area contributed by atoms with Crippen LogP contribution in [0.3, 0.4) is 0 Å². The second kappa shape index (κ2) is 11.1. The van der Waals surface area contributed by atoms with E-state index in [0.717, 1.165) is 23.9 Å². The Morgan fingerprint density at radius 1 is 1.10 bits per heavy atom. The summed E-state index contributed by atoms with van der Waals surface area (Å²) >= 11 is 5.88. The van der Waals surface area contributed by atoms with E-state index < -0.39 is 36.8 Å². The van der Waals surface area contributed by atoms with E-state index in [-0.39, 0.29) is 36.0 Å². The van der Waals surface area contributed by atoms with Gasteiger partial charge in [-0.1, -0.05) is 41.9 Å². The molecule has 0 radical (unpaired) electrons. The first kappa shape index (κ1) is 27.3. The summed E-state index contributed by atoms with van der Waals surface area (Å²) in [7, 11) is -4.34. The van der Waals surface area contributed by atoms with E-state index in [2.05, 4.69) is 15.3 Å². The van der Waals surface area contributed by atoms with E-state index >= 15 is 4.39 Å². The highest BCUT2D eigenvalue weighted by Gasteiger charge is 2.44. The third kappa shape index (κ3) is 5.28. The number of hydrogen-bond donors (Lipinski definition) is 2. The summed E-state index contributed by atoms with van der Waals surface area (Å²) < 4.78 is 48.5. The van der Waals surface area contributed by atoms with E-state index in [4.69, 9.17) is 16.3 Å². The number of pyridine rings is 1. The zero-order valence-electron chi connectivity index (χ0n) is 20.9. The predicted molar refractivity (Wildman–Crippen MR) is 151 cm³/mol. The van der Waals surface area contributed by atoms with Crippen molar-refractivity contribution in [1.82, 2.24) is 10.3 Å². The third-order valence-corrected chi connectivity index (χ3v) is 8.99. The highest BCUT2D eigenvalue weighted by atomic mass is 35.5. The number of carbonyl (C=O) groups excluding carboxylic acids is 1. The molecule has 40 heavy (non-hydrogen) atoms. The number of halogens is 2. The average Bonchev–Trinajstić information content (AvgIpc) is 3.44. The van der Waals surface area contributed by atoms with Crippen LogP contribution in [0.1, 0.15) is 22.3 Å². The minimum Gasteiger partial charge on any atom is -0.493 e. The molecule has 1 aromatic heterocycles. The summed E-state index contributed by atoms with van der Waals surface area (Å²) in [4.78, 5) is 30.7. The molecule has 5 rings (SSSR count). The van der Waals surface area contributed by atoms with Gasteiger partial charge in [-0.05, 0) is 54.1 Å². The van der Waals surface area contributed by atoms with Gasteiger partial charge in [-0.2, -0.15) is 0 Å². The molecule has 1 aliphatic heterocycles. The van der Waals surface area contributed by atoms with Crippen molar-refractivity contribution in [1.29, 1.82) is 0 Å². The van der Waals surface area contributed by atoms with Crippen LogP contribution in [0.2, 0.25) is 5.02 Å². The Hall–Kier alpha value is -4.28. The van der Waals surface area contributed by atoms with Crippen molar-refractivity contribution in [3.8, 4) is 5.75 Å². The second-order valence-corrected chi connectivity index (χ2v) is 11.7. The molecule has 0 saturated carbocycles. The monoisotopic (exact) mass is 579 g/mol. The van der Waals surface area contributed by atoms with E-state index in [1.165, 1.54) is 18.4 Å². The maximum atomic E-state index is 15.1. The maximum absolute atomic E-state index is 15.1. The average molecular weight is 580 g/mol. The molecule has 8 nitrogen and oxygen atoms in total. The second-order valence-electron chi connectivity index (χ2n) is 9.07. The van der Waals surface area contributed by atoms with Gasteiger partial charge in [0.25, 0.3) is 5.91 Å². The number of aromatic amines is 1. The van der Waals surface area contributed by atoms with Crippen LogP contribution in [0, 0.1) is 5.82 Å². The Morgan fingerprint density at radius 2 is 1.85 bits per heavy atom. The molecule has 1 amide bonds. The first-order chi connectivity index (χ1) is 19.2. The normalized spacial score (nSPS) is 16.4. The van der Waals surface area contributed by atoms with Crippen molar-refractivity contribution in [2.24, 2.45) is 4.99 Å². The van der Waals surface area contributed by atoms with Crippen LogP contribution in [0.25, 0.3) is 10.9 Å². The number of allylic oxidation sites excluding steroid dienone is 1. The van der Waals surface area contributed by atoms with Crippen LogP contribution in [0.4, 0.5) is 4.39 Å². The molecule has 1 unspecified atom stereocenters. The fraction of sp³-hybridized carbons (Fsp3) is 0.138. The highest BCUT2D eigenvalue weighted by Crippen LogP contribution is 2.35. The van der Waals surface area contributed by atoms with Crippen molar-refractivity contribution in [3.63, 3.8) is 0 Å². The highest BCUT2D eigenvalue weighted by molar-refractivity contribution is 7.93. The SMILES string of the molecule is O=C(NCc1ccc(Cl)cc1)c1c[nH]c2c(F)cc(S(=O)(=O)C3(CCOc4ccccc4)C=CC=N3)cc2c1=O. The van der Waals surface area contributed by atoms with Crippen LogP contribution < -0.4 is 15.5 Å². The zero-order valence-corrected chi connectivity index (χ0v) is 22.5. The Labute approximate surface area is 234 Å². The van der Waals surface area contributed by atoms with Gasteiger partial charge in [-0.3, -0.25) is 14.6 Å². The first-order valence-electron chi connectivity index (χ1n) is 12.2. The summed E-state index contributed by atoms with van der Waals surface area (Å²) in [6.07, 6.45) is 5.30. The Balaban J connectivity index is 1.44. The van der Waals surface area contributed by atoms with Gasteiger partial charge in [0, 0.05) is 30.4 Å². The van der Waals surface area contributed by atoms with Crippen LogP contribution in [0.5, 0.6) is 5.75 Å². The summed E-state index contributed by atoms with van der Waals surface area (Å²) in [6, 6.07) is 17.6. The zero-order chi connectivity index (χ0) is 28.3. The maximum Gasteiger partial charge on any atom is 0.257 e. The van der Waals surface area contributed by atoms with Gasteiger partial charge in [-0.25, -0.2) is 12.8 Å². The lowest BCUT2D eigenvalue weighted by atomic mass is 10.1. The van der Waals surface area contributed by atoms with Gasteiger partial charge in [0.1, 0.15) is 17.1 Å². The van der Waals surface area contributed by atoms with Crippen molar-refractivity contribution in [3.05, 3.63) is 117 Å². The van der Waals surface area contributed by atoms with Gasteiger partial charge >= 0.3 is 0 Å². The Kier molecular flexibility index (Phi) is 7.55. The van der Waals surface area contributed by atoms with Crippen molar-refractivity contribution in [2.75, 3.05) is 6.61 Å². The molecule has 2 heterocycles. The first-order valence-corrected chi connectivity index (χ1v) is 14.1. The Morgan fingerprint density at radius 3 is 2.55 bits per heavy atom. The number of fused-ring (bicyclic) bond motifs is 1. The van der Waals surface area contributed by atoms with E-state index in [9.17, 15) is 18.0 Å². The van der Waals surface area contributed by atoms with Crippen LogP contribution in [-0.4, -0.2) is 37.0 Å². The van der Waals surface area contributed by atoms with Crippen LogP contribution >= 0.6 is 11.6 Å². The van der Waals surface area contributed by atoms with Gasteiger partial charge < -0.3 is 15.0 Å². The topological polar surface area (TPSA) is 118 Å². The van der Waals surface area contributed by atoms with Crippen molar-refractivity contribution >= 4 is 44.5 Å². The number of aliphatic imine (C=N–C) groups is 1. The molecule has 2 N–H and O–H groups in total. The van der Waals surface area contributed by atoms with E-state index in [1.54, 1.807) is 48.5 Å². The van der Waals surface area contributed by atoms with Gasteiger partial charge in [0.15, 0.2) is 4.87 Å². The minimum absolute atomic E-state index is 0.0134. The Bertz CT molecular complexity index is 1790. The number of H-pyrrole nitrogens is 1. The number of benzene rings is 3. The number of nitrogens with one attached hydrogen (secondary N) is 2. The number of hydrogen-bond acceptors (Lipinski definition) is 6. The number of nitrogens with zero attached hydrogens (tertiary/aromatic N) is 1.